The fraction of sp³-hybridized carbons (Fsp3) is 0.562. The Labute approximate surface area is 131 Å². The van der Waals surface area contributed by atoms with Crippen molar-refractivity contribution in [2.24, 2.45) is 0 Å². The van der Waals surface area contributed by atoms with Crippen LogP contribution in [0.1, 0.15) is 44.2 Å². The molecule has 1 heterocycles. The van der Waals surface area contributed by atoms with Crippen LogP contribution in [0.15, 0.2) is 24.3 Å². The Morgan fingerprint density at radius 1 is 1.52 bits per heavy atom. The minimum atomic E-state index is -0.0899. The lowest BCUT2D eigenvalue weighted by Crippen LogP contribution is -2.49. The molecule has 2 amide bonds. The third kappa shape index (κ3) is 4.35. The van der Waals surface area contributed by atoms with Crippen LogP contribution in [0.25, 0.3) is 0 Å². The van der Waals surface area contributed by atoms with Gasteiger partial charge < -0.3 is 15.3 Å². The summed E-state index contributed by atoms with van der Waals surface area (Å²) in [6, 6.07) is 7.53. The van der Waals surface area contributed by atoms with Crippen LogP contribution in [-0.2, 0) is 0 Å². The Hall–Kier alpha value is -1.26. The van der Waals surface area contributed by atoms with Crippen molar-refractivity contribution in [3.63, 3.8) is 0 Å². The molecule has 1 saturated heterocycles. The van der Waals surface area contributed by atoms with E-state index in [4.69, 9.17) is 16.7 Å². The number of aliphatic hydroxyl groups excluding tert-OH is 1. The second-order valence-corrected chi connectivity index (χ2v) is 6.02. The number of rotatable bonds is 4. The molecule has 5 heteroatoms. The normalized spacial score (nSPS) is 20.1. The molecule has 1 fully saturated rings. The molecule has 1 aromatic rings. The molecule has 4 nitrogen and oxygen atoms in total. The van der Waals surface area contributed by atoms with Crippen molar-refractivity contribution in [3.8, 4) is 0 Å². The van der Waals surface area contributed by atoms with E-state index < -0.39 is 0 Å². The minimum Gasteiger partial charge on any atom is -0.396 e. The smallest absolute Gasteiger partial charge is 0.318 e. The molecule has 1 aliphatic heterocycles. The Bertz CT molecular complexity index is 479. The summed E-state index contributed by atoms with van der Waals surface area (Å²) in [4.78, 5) is 14.3. The van der Waals surface area contributed by atoms with E-state index in [1.807, 2.05) is 36.1 Å². The van der Waals surface area contributed by atoms with Crippen LogP contribution >= 0.6 is 11.6 Å². The van der Waals surface area contributed by atoms with Gasteiger partial charge in [0.25, 0.3) is 0 Å². The number of halogens is 1. The molecule has 0 radical (unpaired) electrons. The topological polar surface area (TPSA) is 52.6 Å². The van der Waals surface area contributed by atoms with Gasteiger partial charge in [0.15, 0.2) is 0 Å². The van der Waals surface area contributed by atoms with Gasteiger partial charge in [-0.05, 0) is 50.3 Å². The Morgan fingerprint density at radius 2 is 2.33 bits per heavy atom. The molecule has 21 heavy (non-hydrogen) atoms. The zero-order valence-electron chi connectivity index (χ0n) is 12.4. The summed E-state index contributed by atoms with van der Waals surface area (Å²) >= 11 is 5.99. The molecule has 0 saturated carbocycles. The van der Waals surface area contributed by atoms with Crippen LogP contribution in [-0.4, -0.2) is 35.2 Å². The summed E-state index contributed by atoms with van der Waals surface area (Å²) in [7, 11) is 0. The first-order valence-corrected chi connectivity index (χ1v) is 7.93. The first kappa shape index (κ1) is 16.1. The molecule has 1 aliphatic rings. The van der Waals surface area contributed by atoms with Gasteiger partial charge in [-0.1, -0.05) is 23.7 Å². The third-order valence-corrected chi connectivity index (χ3v) is 4.27. The van der Waals surface area contributed by atoms with Crippen molar-refractivity contribution in [1.29, 1.82) is 0 Å². The van der Waals surface area contributed by atoms with E-state index in [1.165, 1.54) is 0 Å². The Kier molecular flexibility index (Phi) is 5.88. The quantitative estimate of drug-likeness (QED) is 0.896. The molecule has 0 aliphatic carbocycles. The molecule has 2 rings (SSSR count). The van der Waals surface area contributed by atoms with Crippen molar-refractivity contribution in [2.45, 2.75) is 44.7 Å². The van der Waals surface area contributed by atoms with E-state index >= 15 is 0 Å². The maximum atomic E-state index is 12.5. The molecule has 2 unspecified atom stereocenters. The van der Waals surface area contributed by atoms with Crippen molar-refractivity contribution < 1.29 is 9.90 Å². The second kappa shape index (κ2) is 7.66. The summed E-state index contributed by atoms with van der Waals surface area (Å²) in [5, 5.41) is 12.8. The van der Waals surface area contributed by atoms with Gasteiger partial charge in [0.2, 0.25) is 0 Å². The van der Waals surface area contributed by atoms with Gasteiger partial charge in [0.1, 0.15) is 0 Å². The third-order valence-electron chi connectivity index (χ3n) is 4.04. The van der Waals surface area contributed by atoms with E-state index in [1.54, 1.807) is 0 Å². The van der Waals surface area contributed by atoms with Crippen LogP contribution in [0.5, 0.6) is 0 Å². The molecule has 2 atom stereocenters. The van der Waals surface area contributed by atoms with Crippen molar-refractivity contribution in [3.05, 3.63) is 34.9 Å². The number of carbonyl (C=O) groups excluding carboxylic acids is 1. The van der Waals surface area contributed by atoms with E-state index in [2.05, 4.69) is 5.32 Å². The number of hydrogen-bond acceptors (Lipinski definition) is 2. The number of hydrogen-bond donors (Lipinski definition) is 2. The number of nitrogens with one attached hydrogen (secondary N) is 1. The number of piperidine rings is 1. The lowest BCUT2D eigenvalue weighted by molar-refractivity contribution is 0.130. The molecular weight excluding hydrogens is 288 g/mol. The SMILES string of the molecule is CC(NC(=O)N1CCCCC1CCO)c1cccc(Cl)c1. The number of urea groups is 1. The highest BCUT2D eigenvalue weighted by Crippen LogP contribution is 2.21. The predicted octanol–water partition coefficient (Wildman–Crippen LogP) is 3.35. The first-order chi connectivity index (χ1) is 10.1. The lowest BCUT2D eigenvalue weighted by Gasteiger charge is -2.36. The summed E-state index contributed by atoms with van der Waals surface area (Å²) in [5.41, 5.74) is 0.992. The van der Waals surface area contributed by atoms with Crippen LogP contribution in [0.3, 0.4) is 0 Å². The van der Waals surface area contributed by atoms with E-state index in [0.717, 1.165) is 31.4 Å². The highest BCUT2D eigenvalue weighted by atomic mass is 35.5. The number of aliphatic hydroxyl groups is 1. The van der Waals surface area contributed by atoms with Crippen LogP contribution < -0.4 is 5.32 Å². The summed E-state index contributed by atoms with van der Waals surface area (Å²) < 4.78 is 0. The Balaban J connectivity index is 1.99. The monoisotopic (exact) mass is 310 g/mol. The highest BCUT2D eigenvalue weighted by molar-refractivity contribution is 6.30. The molecule has 1 aromatic carbocycles. The molecule has 0 aromatic heterocycles. The minimum absolute atomic E-state index is 0.0550. The summed E-state index contributed by atoms with van der Waals surface area (Å²) in [5.74, 6) is 0. The van der Waals surface area contributed by atoms with Crippen molar-refractivity contribution >= 4 is 17.6 Å². The average Bonchev–Trinajstić information content (AvgIpc) is 2.48. The molecule has 2 N–H and O–H groups in total. The fourth-order valence-corrected chi connectivity index (χ4v) is 3.04. The summed E-state index contributed by atoms with van der Waals surface area (Å²) in [6.07, 6.45) is 3.78. The first-order valence-electron chi connectivity index (χ1n) is 7.55. The van der Waals surface area contributed by atoms with Crippen molar-refractivity contribution in [2.75, 3.05) is 13.2 Å². The Morgan fingerprint density at radius 3 is 3.05 bits per heavy atom. The molecule has 0 spiro atoms. The lowest BCUT2D eigenvalue weighted by atomic mass is 10.00. The number of carbonyl (C=O) groups is 1. The zero-order valence-corrected chi connectivity index (χ0v) is 13.1. The summed E-state index contributed by atoms with van der Waals surface area (Å²) in [6.45, 7) is 2.84. The number of nitrogens with zero attached hydrogens (tertiary/aromatic N) is 1. The second-order valence-electron chi connectivity index (χ2n) is 5.58. The maximum absolute atomic E-state index is 12.5. The number of benzene rings is 1. The van der Waals surface area contributed by atoms with Crippen LogP contribution in [0.4, 0.5) is 4.79 Å². The van der Waals surface area contributed by atoms with Gasteiger partial charge in [-0.3, -0.25) is 0 Å². The largest absolute Gasteiger partial charge is 0.396 e. The maximum Gasteiger partial charge on any atom is 0.318 e. The number of amides is 2. The molecule has 116 valence electrons. The van der Waals surface area contributed by atoms with Crippen LogP contribution in [0.2, 0.25) is 5.02 Å². The van der Waals surface area contributed by atoms with Gasteiger partial charge in [-0.15, -0.1) is 0 Å². The van der Waals surface area contributed by atoms with E-state index in [0.29, 0.717) is 11.4 Å². The molecule has 0 bridgehead atoms. The van der Waals surface area contributed by atoms with Crippen LogP contribution in [0, 0.1) is 0 Å². The van der Waals surface area contributed by atoms with Gasteiger partial charge in [-0.2, -0.15) is 0 Å². The van der Waals surface area contributed by atoms with E-state index in [-0.39, 0.29) is 24.7 Å². The average molecular weight is 311 g/mol. The van der Waals surface area contributed by atoms with Gasteiger partial charge >= 0.3 is 6.03 Å². The predicted molar refractivity (Wildman–Crippen MR) is 84.4 cm³/mol. The zero-order chi connectivity index (χ0) is 15.2. The molecular formula is C16H23ClN2O2. The van der Waals surface area contributed by atoms with Gasteiger partial charge in [0, 0.05) is 24.2 Å². The van der Waals surface area contributed by atoms with Crippen molar-refractivity contribution in [1.82, 2.24) is 10.2 Å². The van der Waals surface area contributed by atoms with Gasteiger partial charge in [-0.25, -0.2) is 4.79 Å². The fourth-order valence-electron chi connectivity index (χ4n) is 2.84. The number of likely N-dealkylation sites (tertiary alicyclic amines) is 1. The van der Waals surface area contributed by atoms with Gasteiger partial charge in [0.05, 0.1) is 6.04 Å². The standard InChI is InChI=1S/C16H23ClN2O2/c1-12(13-5-4-6-14(17)11-13)18-16(21)19-9-3-2-7-15(19)8-10-20/h4-6,11-12,15,20H,2-3,7-10H2,1H3,(H,18,21). The van der Waals surface area contributed by atoms with E-state index in [9.17, 15) is 4.79 Å². The highest BCUT2D eigenvalue weighted by Gasteiger charge is 2.27.